The first-order chi connectivity index (χ1) is 8.49. The summed E-state index contributed by atoms with van der Waals surface area (Å²) in [5.41, 5.74) is -0.280. The zero-order valence-electron chi connectivity index (χ0n) is 11.4. The Morgan fingerprint density at radius 3 is 2.72 bits per heavy atom. The maximum absolute atomic E-state index is 12.1. The Hall–Kier alpha value is -0.570. The van der Waals surface area contributed by atoms with Crippen LogP contribution >= 0.6 is 0 Å². The lowest BCUT2D eigenvalue weighted by atomic mass is 9.55. The zero-order chi connectivity index (χ0) is 12.7. The Bertz CT molecular complexity index is 420. The Labute approximate surface area is 108 Å². The monoisotopic (exact) mass is 250 g/mol. The normalized spacial score (nSPS) is 61.5. The van der Waals surface area contributed by atoms with Crippen LogP contribution in [0, 0.1) is 23.7 Å². The second kappa shape index (κ2) is 3.12. The lowest BCUT2D eigenvalue weighted by molar-refractivity contribution is -0.168. The second-order valence-corrected chi connectivity index (χ2v) is 7.18. The van der Waals surface area contributed by atoms with Crippen LogP contribution in [0.5, 0.6) is 0 Å². The lowest BCUT2D eigenvalue weighted by Crippen LogP contribution is -2.58. The van der Waals surface area contributed by atoms with Crippen molar-refractivity contribution in [2.45, 2.75) is 63.8 Å². The topological polar surface area (TPSA) is 38.8 Å². The van der Waals surface area contributed by atoms with Crippen LogP contribution in [0.25, 0.3) is 0 Å². The molecule has 0 aromatic carbocycles. The van der Waals surface area contributed by atoms with Gasteiger partial charge < -0.3 is 9.47 Å². The molecule has 7 atom stereocenters. The molecule has 0 aromatic heterocycles. The van der Waals surface area contributed by atoms with Gasteiger partial charge in [0.15, 0.2) is 0 Å². The minimum Gasteiger partial charge on any atom is -0.455 e. The fraction of sp³-hybridized carbons (Fsp3) is 0.933. The molecule has 100 valence electrons. The lowest BCUT2D eigenvalue weighted by Gasteiger charge is -2.49. The van der Waals surface area contributed by atoms with Crippen molar-refractivity contribution < 1.29 is 14.3 Å². The summed E-state index contributed by atoms with van der Waals surface area (Å²) < 4.78 is 12.0. The number of carbonyl (C=O) groups is 1. The van der Waals surface area contributed by atoms with Gasteiger partial charge in [-0.3, -0.25) is 4.79 Å². The number of hydrogen-bond donors (Lipinski definition) is 0. The summed E-state index contributed by atoms with van der Waals surface area (Å²) in [6, 6.07) is 0. The third-order valence-electron chi connectivity index (χ3n) is 6.28. The smallest absolute Gasteiger partial charge is 0.309 e. The average molecular weight is 250 g/mol. The minimum absolute atomic E-state index is 0.00382. The van der Waals surface area contributed by atoms with E-state index in [4.69, 9.17) is 9.47 Å². The Morgan fingerprint density at radius 2 is 1.94 bits per heavy atom. The van der Waals surface area contributed by atoms with Gasteiger partial charge in [-0.25, -0.2) is 0 Å². The molecule has 0 N–H and O–H groups in total. The van der Waals surface area contributed by atoms with Crippen molar-refractivity contribution in [3.63, 3.8) is 0 Å². The number of hydrogen-bond acceptors (Lipinski definition) is 3. The Balaban J connectivity index is 1.81. The Morgan fingerprint density at radius 1 is 1.17 bits per heavy atom. The van der Waals surface area contributed by atoms with E-state index in [2.05, 4.69) is 13.8 Å². The maximum atomic E-state index is 12.1. The van der Waals surface area contributed by atoms with Crippen LogP contribution in [0.3, 0.4) is 0 Å². The SMILES string of the molecule is CC1C(=O)O[C@@]23C1CC[C@@H](C)C2CC[C@@]1(C)O[C@@H]31. The van der Waals surface area contributed by atoms with E-state index in [0.717, 1.165) is 19.3 Å². The molecule has 0 aromatic rings. The summed E-state index contributed by atoms with van der Waals surface area (Å²) in [6.07, 6.45) is 4.82. The van der Waals surface area contributed by atoms with Crippen molar-refractivity contribution in [2.75, 3.05) is 0 Å². The van der Waals surface area contributed by atoms with Crippen molar-refractivity contribution in [3.05, 3.63) is 0 Å². The number of epoxide rings is 1. The summed E-state index contributed by atoms with van der Waals surface area (Å²) in [6.45, 7) is 6.56. The van der Waals surface area contributed by atoms with Crippen LogP contribution in [-0.2, 0) is 14.3 Å². The van der Waals surface area contributed by atoms with E-state index in [0.29, 0.717) is 17.8 Å². The quantitative estimate of drug-likeness (QED) is 0.490. The molecule has 2 aliphatic carbocycles. The third-order valence-corrected chi connectivity index (χ3v) is 6.28. The summed E-state index contributed by atoms with van der Waals surface area (Å²) in [5, 5.41) is 0. The number of fused-ring (bicyclic) bond motifs is 1. The summed E-state index contributed by atoms with van der Waals surface area (Å²) in [7, 11) is 0. The molecule has 3 heteroatoms. The van der Waals surface area contributed by atoms with Crippen LogP contribution in [-0.4, -0.2) is 23.3 Å². The largest absolute Gasteiger partial charge is 0.455 e. The number of rotatable bonds is 0. The van der Waals surface area contributed by atoms with Crippen molar-refractivity contribution in [2.24, 2.45) is 23.7 Å². The molecule has 0 bridgehead atoms. The van der Waals surface area contributed by atoms with Gasteiger partial charge in [0, 0.05) is 11.8 Å². The summed E-state index contributed by atoms with van der Waals surface area (Å²) in [5.74, 6) is 1.64. The molecule has 2 heterocycles. The molecule has 3 nitrogen and oxygen atoms in total. The van der Waals surface area contributed by atoms with Gasteiger partial charge in [0.05, 0.1) is 11.5 Å². The van der Waals surface area contributed by atoms with Gasteiger partial charge in [-0.1, -0.05) is 13.8 Å². The summed E-state index contributed by atoms with van der Waals surface area (Å²) >= 11 is 0. The predicted molar refractivity (Wildman–Crippen MR) is 65.9 cm³/mol. The highest BCUT2D eigenvalue weighted by molar-refractivity contribution is 5.76. The van der Waals surface area contributed by atoms with E-state index in [1.54, 1.807) is 0 Å². The van der Waals surface area contributed by atoms with Gasteiger partial charge in [0.1, 0.15) is 11.7 Å². The molecular weight excluding hydrogens is 228 g/mol. The van der Waals surface area contributed by atoms with Gasteiger partial charge in [-0.2, -0.15) is 0 Å². The summed E-state index contributed by atoms with van der Waals surface area (Å²) in [4.78, 5) is 12.1. The third kappa shape index (κ3) is 1.08. The van der Waals surface area contributed by atoms with Crippen molar-refractivity contribution in [1.29, 1.82) is 0 Å². The van der Waals surface area contributed by atoms with E-state index in [1.807, 2.05) is 6.92 Å². The fourth-order valence-electron chi connectivity index (χ4n) is 5.20. The second-order valence-electron chi connectivity index (χ2n) is 7.18. The first-order valence-corrected chi connectivity index (χ1v) is 7.40. The highest BCUT2D eigenvalue weighted by atomic mass is 16.7. The van der Waals surface area contributed by atoms with E-state index in [9.17, 15) is 4.79 Å². The van der Waals surface area contributed by atoms with Crippen molar-refractivity contribution >= 4 is 5.97 Å². The van der Waals surface area contributed by atoms with Crippen LogP contribution in [0.15, 0.2) is 0 Å². The standard InChI is InChI=1S/C15H22O3/c1-8-4-5-11-9(2)12(16)17-15(11)10(8)6-7-14(3)13(15)18-14/h8-11,13H,4-7H2,1-3H3/t8-,9?,10?,11?,13-,14-,15-/m1/s1. The van der Waals surface area contributed by atoms with E-state index in [1.165, 1.54) is 6.42 Å². The van der Waals surface area contributed by atoms with E-state index >= 15 is 0 Å². The van der Waals surface area contributed by atoms with Crippen molar-refractivity contribution in [1.82, 2.24) is 0 Å². The molecule has 2 saturated heterocycles. The van der Waals surface area contributed by atoms with Crippen molar-refractivity contribution in [3.8, 4) is 0 Å². The molecule has 4 aliphatic rings. The van der Waals surface area contributed by atoms with Gasteiger partial charge in [-0.15, -0.1) is 0 Å². The highest BCUT2D eigenvalue weighted by Crippen LogP contribution is 2.66. The molecule has 4 rings (SSSR count). The molecule has 4 fully saturated rings. The van der Waals surface area contributed by atoms with Crippen LogP contribution in [0.2, 0.25) is 0 Å². The predicted octanol–water partition coefficient (Wildman–Crippen LogP) is 2.53. The molecule has 2 aliphatic heterocycles. The number of esters is 1. The molecule has 0 radical (unpaired) electrons. The zero-order valence-corrected chi connectivity index (χ0v) is 11.4. The molecule has 1 spiro atoms. The molecule has 18 heavy (non-hydrogen) atoms. The van der Waals surface area contributed by atoms with Crippen LogP contribution in [0.4, 0.5) is 0 Å². The first kappa shape index (κ1) is 11.3. The fourth-order valence-corrected chi connectivity index (χ4v) is 5.20. The molecule has 2 saturated carbocycles. The van der Waals surface area contributed by atoms with Gasteiger partial charge in [0.25, 0.3) is 0 Å². The molecular formula is C15H22O3. The first-order valence-electron chi connectivity index (χ1n) is 7.40. The van der Waals surface area contributed by atoms with Gasteiger partial charge in [-0.05, 0) is 38.5 Å². The van der Waals surface area contributed by atoms with E-state index in [-0.39, 0.29) is 29.2 Å². The molecule has 0 amide bonds. The van der Waals surface area contributed by atoms with E-state index < -0.39 is 0 Å². The maximum Gasteiger partial charge on any atom is 0.309 e. The van der Waals surface area contributed by atoms with Gasteiger partial charge in [0.2, 0.25) is 0 Å². The van der Waals surface area contributed by atoms with Crippen LogP contribution in [0.1, 0.15) is 46.5 Å². The van der Waals surface area contributed by atoms with Crippen LogP contribution < -0.4 is 0 Å². The number of ether oxygens (including phenoxy) is 2. The highest BCUT2D eigenvalue weighted by Gasteiger charge is 2.76. The average Bonchev–Trinajstić information content (AvgIpc) is 2.95. The number of carbonyl (C=O) groups excluding carboxylic acids is 1. The Kier molecular flexibility index (Phi) is 1.95. The van der Waals surface area contributed by atoms with Gasteiger partial charge >= 0.3 is 5.97 Å². The molecule has 3 unspecified atom stereocenters. The minimum atomic E-state index is -0.277.